The molecule has 140 valence electrons. The third-order valence-corrected chi connectivity index (χ3v) is 4.51. The van der Waals surface area contributed by atoms with Gasteiger partial charge in [-0.05, 0) is 40.3 Å². The maximum atomic E-state index is 14.3. The molecule has 0 aliphatic rings. The zero-order chi connectivity index (χ0) is 19.4. The minimum Gasteiger partial charge on any atom is -0.496 e. The molecule has 3 aromatic carbocycles. The van der Waals surface area contributed by atoms with Crippen LogP contribution >= 0.6 is 0 Å². The highest BCUT2D eigenvalue weighted by Gasteiger charge is 2.12. The lowest BCUT2D eigenvalue weighted by Gasteiger charge is -2.16. The maximum Gasteiger partial charge on any atom is 0.165 e. The van der Waals surface area contributed by atoms with Crippen molar-refractivity contribution in [1.29, 1.82) is 0 Å². The van der Waals surface area contributed by atoms with Crippen LogP contribution in [0.2, 0.25) is 0 Å². The molecule has 3 nitrogen and oxygen atoms in total. The van der Waals surface area contributed by atoms with Crippen LogP contribution in [0.25, 0.3) is 16.3 Å². The van der Waals surface area contributed by atoms with Crippen molar-refractivity contribution in [3.63, 3.8) is 0 Å². The molecule has 0 fully saturated rings. The average molecular weight is 365 g/mol. The Hall–Kier alpha value is -3.01. The monoisotopic (exact) mass is 365 g/mol. The van der Waals surface area contributed by atoms with Crippen LogP contribution in [0, 0.1) is 5.82 Å². The van der Waals surface area contributed by atoms with Crippen LogP contribution in [-0.4, -0.2) is 33.2 Å². The summed E-state index contributed by atoms with van der Waals surface area (Å²) in [4.78, 5) is 1.98. The standard InChI is InChI=1S/C23H24FNO2/c1-25(2)15-18(16-9-12-23(27-4)21(24)14-16)13-17-10-11-22(26-3)20-8-6-5-7-19(17)20/h5-12,14-15H,13H2,1-4H3/b18-15+. The first kappa shape index (κ1) is 18.8. The van der Waals surface area contributed by atoms with Crippen molar-refractivity contribution in [1.82, 2.24) is 4.90 Å². The fourth-order valence-electron chi connectivity index (χ4n) is 3.27. The second-order valence-corrected chi connectivity index (χ2v) is 6.62. The fourth-order valence-corrected chi connectivity index (χ4v) is 3.27. The van der Waals surface area contributed by atoms with E-state index in [1.54, 1.807) is 13.2 Å². The van der Waals surface area contributed by atoms with Crippen molar-refractivity contribution >= 4 is 16.3 Å². The number of hydrogen-bond acceptors (Lipinski definition) is 3. The van der Waals surface area contributed by atoms with E-state index in [4.69, 9.17) is 9.47 Å². The molecule has 0 radical (unpaired) electrons. The summed E-state index contributed by atoms with van der Waals surface area (Å²) in [6, 6.07) is 17.3. The van der Waals surface area contributed by atoms with Crippen LogP contribution in [-0.2, 0) is 6.42 Å². The fraction of sp³-hybridized carbons (Fsp3) is 0.217. The second kappa shape index (κ2) is 8.12. The summed E-state index contributed by atoms with van der Waals surface area (Å²) >= 11 is 0. The Morgan fingerprint density at radius 1 is 0.926 bits per heavy atom. The number of halogens is 1. The van der Waals surface area contributed by atoms with Crippen molar-refractivity contribution in [2.45, 2.75) is 6.42 Å². The molecule has 0 bridgehead atoms. The number of hydrogen-bond donors (Lipinski definition) is 0. The summed E-state index contributed by atoms with van der Waals surface area (Å²) in [5.74, 6) is 0.736. The van der Waals surface area contributed by atoms with Gasteiger partial charge in [-0.3, -0.25) is 0 Å². The van der Waals surface area contributed by atoms with Crippen LogP contribution in [0.3, 0.4) is 0 Å². The van der Waals surface area contributed by atoms with Crippen molar-refractivity contribution in [2.75, 3.05) is 28.3 Å². The first-order valence-corrected chi connectivity index (χ1v) is 8.79. The lowest BCUT2D eigenvalue weighted by atomic mass is 9.94. The number of allylic oxidation sites excluding steroid dienone is 1. The third-order valence-electron chi connectivity index (χ3n) is 4.51. The quantitative estimate of drug-likeness (QED) is 0.604. The number of benzene rings is 3. The van der Waals surface area contributed by atoms with E-state index < -0.39 is 0 Å². The van der Waals surface area contributed by atoms with E-state index in [0.717, 1.165) is 33.2 Å². The molecule has 0 aromatic heterocycles. The molecular weight excluding hydrogens is 341 g/mol. The molecule has 0 spiro atoms. The molecule has 3 rings (SSSR count). The first-order valence-electron chi connectivity index (χ1n) is 8.79. The van der Waals surface area contributed by atoms with Gasteiger partial charge in [0.15, 0.2) is 11.6 Å². The summed E-state index contributed by atoms with van der Waals surface area (Å²) < 4.78 is 24.8. The average Bonchev–Trinajstić information content (AvgIpc) is 2.67. The summed E-state index contributed by atoms with van der Waals surface area (Å²) in [6.07, 6.45) is 2.70. The number of fused-ring (bicyclic) bond motifs is 1. The zero-order valence-electron chi connectivity index (χ0n) is 16.1. The summed E-state index contributed by atoms with van der Waals surface area (Å²) in [5.41, 5.74) is 3.02. The predicted octanol–water partition coefficient (Wildman–Crippen LogP) is 5.14. The molecule has 27 heavy (non-hydrogen) atoms. The zero-order valence-corrected chi connectivity index (χ0v) is 16.1. The largest absolute Gasteiger partial charge is 0.496 e. The normalized spacial score (nSPS) is 11.5. The Morgan fingerprint density at radius 3 is 2.22 bits per heavy atom. The van der Waals surface area contributed by atoms with Crippen molar-refractivity contribution < 1.29 is 13.9 Å². The smallest absolute Gasteiger partial charge is 0.165 e. The highest BCUT2D eigenvalue weighted by molar-refractivity contribution is 5.92. The van der Waals surface area contributed by atoms with E-state index in [0.29, 0.717) is 6.42 Å². The Labute approximate surface area is 159 Å². The Balaban J connectivity index is 2.07. The molecule has 4 heteroatoms. The molecule has 0 unspecified atom stereocenters. The molecule has 0 aliphatic heterocycles. The molecule has 0 N–H and O–H groups in total. The van der Waals surface area contributed by atoms with Gasteiger partial charge in [-0.15, -0.1) is 0 Å². The minimum atomic E-state index is -0.362. The lowest BCUT2D eigenvalue weighted by Crippen LogP contribution is -2.05. The van der Waals surface area contributed by atoms with Gasteiger partial charge in [0.25, 0.3) is 0 Å². The van der Waals surface area contributed by atoms with Gasteiger partial charge >= 0.3 is 0 Å². The van der Waals surface area contributed by atoms with Crippen molar-refractivity contribution in [3.05, 3.63) is 77.7 Å². The number of ether oxygens (including phenoxy) is 2. The Morgan fingerprint density at radius 2 is 1.59 bits per heavy atom. The van der Waals surface area contributed by atoms with Crippen LogP contribution in [0.15, 0.2) is 60.8 Å². The van der Waals surface area contributed by atoms with Gasteiger partial charge in [0, 0.05) is 32.1 Å². The van der Waals surface area contributed by atoms with E-state index in [-0.39, 0.29) is 11.6 Å². The highest BCUT2D eigenvalue weighted by atomic mass is 19.1. The highest BCUT2D eigenvalue weighted by Crippen LogP contribution is 2.32. The summed E-state index contributed by atoms with van der Waals surface area (Å²) in [5, 5.41) is 2.21. The van der Waals surface area contributed by atoms with Crippen molar-refractivity contribution in [2.24, 2.45) is 0 Å². The molecule has 0 aliphatic carbocycles. The Bertz CT molecular complexity index is 979. The molecule has 0 amide bonds. The van der Waals surface area contributed by atoms with Gasteiger partial charge in [-0.2, -0.15) is 0 Å². The van der Waals surface area contributed by atoms with Gasteiger partial charge in [0.05, 0.1) is 14.2 Å². The molecule has 0 heterocycles. The van der Waals surface area contributed by atoms with Crippen molar-refractivity contribution in [3.8, 4) is 11.5 Å². The Kier molecular flexibility index (Phi) is 5.65. The van der Waals surface area contributed by atoms with Gasteiger partial charge in [-0.25, -0.2) is 4.39 Å². The summed E-state index contributed by atoms with van der Waals surface area (Å²) in [6.45, 7) is 0. The second-order valence-electron chi connectivity index (χ2n) is 6.62. The van der Waals surface area contributed by atoms with E-state index >= 15 is 0 Å². The van der Waals surface area contributed by atoms with Crippen LogP contribution in [0.1, 0.15) is 11.1 Å². The van der Waals surface area contributed by atoms with E-state index in [2.05, 4.69) is 18.2 Å². The van der Waals surface area contributed by atoms with Gasteiger partial charge in [0.1, 0.15) is 5.75 Å². The van der Waals surface area contributed by atoms with Gasteiger partial charge in [0.2, 0.25) is 0 Å². The minimum absolute atomic E-state index is 0.248. The number of nitrogens with zero attached hydrogens (tertiary/aromatic N) is 1. The van der Waals surface area contributed by atoms with E-state index in [1.807, 2.05) is 49.5 Å². The number of methoxy groups -OCH3 is 2. The maximum absolute atomic E-state index is 14.3. The summed E-state index contributed by atoms with van der Waals surface area (Å²) in [7, 11) is 7.08. The van der Waals surface area contributed by atoms with Gasteiger partial charge < -0.3 is 14.4 Å². The van der Waals surface area contributed by atoms with Crippen LogP contribution in [0.5, 0.6) is 11.5 Å². The molecule has 0 saturated heterocycles. The first-order chi connectivity index (χ1) is 13.0. The topological polar surface area (TPSA) is 21.7 Å². The van der Waals surface area contributed by atoms with Crippen LogP contribution < -0.4 is 9.47 Å². The molecular formula is C23H24FNO2. The predicted molar refractivity (Wildman–Crippen MR) is 109 cm³/mol. The SMILES string of the molecule is COc1ccc(/C(=C/N(C)C)Cc2ccc(OC)c3ccccc23)cc1F. The van der Waals surface area contributed by atoms with Gasteiger partial charge in [-0.1, -0.05) is 36.4 Å². The molecule has 0 atom stereocenters. The molecule has 3 aromatic rings. The van der Waals surface area contributed by atoms with E-state index in [1.165, 1.54) is 13.2 Å². The third kappa shape index (κ3) is 4.05. The lowest BCUT2D eigenvalue weighted by molar-refractivity contribution is 0.386. The molecule has 0 saturated carbocycles. The number of rotatable bonds is 6. The van der Waals surface area contributed by atoms with E-state index in [9.17, 15) is 4.39 Å². The van der Waals surface area contributed by atoms with Crippen LogP contribution in [0.4, 0.5) is 4.39 Å².